The first-order valence-electron chi connectivity index (χ1n) is 6.28. The monoisotopic (exact) mass is 361 g/mol. The van der Waals surface area contributed by atoms with Gasteiger partial charge in [-0.25, -0.2) is 4.98 Å². The number of hydrogen-bond donors (Lipinski definition) is 1. The molecule has 0 spiro atoms. The standard InChI is InChI=1S/C13H8Cl2F3N5/c1-6-4-10(20-7-2-3-8(14)9(15)5-7)23-12(19-6)21-11(22-23)13(16,17)18/h2-5,20H,1H3. The van der Waals surface area contributed by atoms with E-state index in [0.29, 0.717) is 21.4 Å². The van der Waals surface area contributed by atoms with Crippen LogP contribution < -0.4 is 5.32 Å². The highest BCUT2D eigenvalue weighted by molar-refractivity contribution is 6.42. The molecule has 0 bridgehead atoms. The topological polar surface area (TPSA) is 55.1 Å². The van der Waals surface area contributed by atoms with E-state index in [1.54, 1.807) is 31.2 Å². The number of halogens is 5. The number of aryl methyl sites for hydroxylation is 1. The number of alkyl halides is 3. The van der Waals surface area contributed by atoms with Gasteiger partial charge < -0.3 is 5.32 Å². The molecule has 2 heterocycles. The van der Waals surface area contributed by atoms with Crippen LogP contribution in [0.3, 0.4) is 0 Å². The van der Waals surface area contributed by atoms with Crippen molar-refractivity contribution in [2.75, 3.05) is 5.32 Å². The fourth-order valence-electron chi connectivity index (χ4n) is 1.92. The van der Waals surface area contributed by atoms with Gasteiger partial charge in [0, 0.05) is 17.4 Å². The molecule has 0 atom stereocenters. The van der Waals surface area contributed by atoms with Crippen molar-refractivity contribution >= 4 is 40.5 Å². The molecule has 0 aliphatic rings. The molecule has 0 aliphatic carbocycles. The van der Waals surface area contributed by atoms with E-state index in [9.17, 15) is 13.2 Å². The molecule has 2 aromatic heterocycles. The molecule has 120 valence electrons. The van der Waals surface area contributed by atoms with Crippen LogP contribution in [0.1, 0.15) is 11.5 Å². The predicted octanol–water partition coefficient (Wildman–Crippen LogP) is 4.50. The second kappa shape index (κ2) is 5.54. The maximum absolute atomic E-state index is 12.8. The zero-order valence-corrected chi connectivity index (χ0v) is 13.0. The summed E-state index contributed by atoms with van der Waals surface area (Å²) < 4.78 is 39.3. The number of nitrogens with one attached hydrogen (secondary N) is 1. The molecule has 5 nitrogen and oxygen atoms in total. The van der Waals surface area contributed by atoms with Crippen LogP contribution in [-0.2, 0) is 6.18 Å². The van der Waals surface area contributed by atoms with Gasteiger partial charge in [-0.15, -0.1) is 5.10 Å². The molecular weight excluding hydrogens is 354 g/mol. The lowest BCUT2D eigenvalue weighted by Gasteiger charge is -2.09. The van der Waals surface area contributed by atoms with Crippen LogP contribution in [0.25, 0.3) is 5.78 Å². The molecule has 1 aromatic carbocycles. The molecule has 0 amide bonds. The Balaban J connectivity index is 2.09. The lowest BCUT2D eigenvalue weighted by Crippen LogP contribution is -2.08. The Morgan fingerprint density at radius 1 is 1.09 bits per heavy atom. The number of rotatable bonds is 2. The SMILES string of the molecule is Cc1cc(Nc2ccc(Cl)c(Cl)c2)n2nc(C(F)(F)F)nc2n1. The summed E-state index contributed by atoms with van der Waals surface area (Å²) in [6.45, 7) is 1.64. The molecule has 1 N–H and O–H groups in total. The largest absolute Gasteiger partial charge is 0.453 e. The Kier molecular flexibility index (Phi) is 3.81. The van der Waals surface area contributed by atoms with Gasteiger partial charge in [0.15, 0.2) is 0 Å². The second-order valence-electron chi connectivity index (χ2n) is 4.68. The number of benzene rings is 1. The Hall–Kier alpha value is -2.06. The van der Waals surface area contributed by atoms with E-state index >= 15 is 0 Å². The Labute approximate surface area is 138 Å². The molecule has 0 saturated carbocycles. The van der Waals surface area contributed by atoms with E-state index in [1.165, 1.54) is 0 Å². The first-order valence-corrected chi connectivity index (χ1v) is 7.03. The van der Waals surface area contributed by atoms with Crippen molar-refractivity contribution in [3.8, 4) is 0 Å². The number of anilines is 2. The third-order valence-electron chi connectivity index (χ3n) is 2.89. The summed E-state index contributed by atoms with van der Waals surface area (Å²) >= 11 is 11.8. The van der Waals surface area contributed by atoms with Crippen LogP contribution in [-0.4, -0.2) is 19.6 Å². The van der Waals surface area contributed by atoms with Crippen LogP contribution in [0, 0.1) is 6.92 Å². The molecule has 23 heavy (non-hydrogen) atoms. The van der Waals surface area contributed by atoms with Crippen LogP contribution in [0.5, 0.6) is 0 Å². The van der Waals surface area contributed by atoms with Crippen LogP contribution >= 0.6 is 23.2 Å². The number of fused-ring (bicyclic) bond motifs is 1. The first kappa shape index (κ1) is 15.8. The normalized spacial score (nSPS) is 11.9. The highest BCUT2D eigenvalue weighted by Gasteiger charge is 2.36. The fourth-order valence-corrected chi connectivity index (χ4v) is 2.22. The van der Waals surface area contributed by atoms with Gasteiger partial charge in [0.25, 0.3) is 11.6 Å². The average Bonchev–Trinajstić information content (AvgIpc) is 2.87. The summed E-state index contributed by atoms with van der Waals surface area (Å²) in [6, 6.07) is 6.30. The first-order chi connectivity index (χ1) is 10.7. The number of aromatic nitrogens is 4. The minimum Gasteiger partial charge on any atom is -0.340 e. The quantitative estimate of drug-likeness (QED) is 0.729. The molecular formula is C13H8Cl2F3N5. The summed E-state index contributed by atoms with van der Waals surface area (Å²) in [5, 5.41) is 7.07. The predicted molar refractivity (Wildman–Crippen MR) is 80.3 cm³/mol. The number of hydrogen-bond acceptors (Lipinski definition) is 4. The third kappa shape index (κ3) is 3.18. The Morgan fingerprint density at radius 2 is 1.83 bits per heavy atom. The van der Waals surface area contributed by atoms with E-state index < -0.39 is 12.0 Å². The molecule has 0 saturated heterocycles. The number of nitrogens with zero attached hydrogens (tertiary/aromatic N) is 4. The highest BCUT2D eigenvalue weighted by Crippen LogP contribution is 2.29. The van der Waals surface area contributed by atoms with Crippen molar-refractivity contribution in [2.45, 2.75) is 13.1 Å². The van der Waals surface area contributed by atoms with Crippen LogP contribution in [0.2, 0.25) is 10.0 Å². The zero-order chi connectivity index (χ0) is 16.8. The van der Waals surface area contributed by atoms with Crippen molar-refractivity contribution in [1.29, 1.82) is 0 Å². The second-order valence-corrected chi connectivity index (χ2v) is 5.50. The average molecular weight is 362 g/mol. The van der Waals surface area contributed by atoms with Crippen LogP contribution in [0.4, 0.5) is 24.7 Å². The van der Waals surface area contributed by atoms with Gasteiger partial charge in [0.2, 0.25) is 0 Å². The van der Waals surface area contributed by atoms with Gasteiger partial charge >= 0.3 is 6.18 Å². The summed E-state index contributed by atoms with van der Waals surface area (Å²) in [6.07, 6.45) is -4.65. The molecule has 0 radical (unpaired) electrons. The zero-order valence-electron chi connectivity index (χ0n) is 11.5. The van der Waals surface area contributed by atoms with Gasteiger partial charge in [-0.05, 0) is 25.1 Å². The van der Waals surface area contributed by atoms with E-state index in [0.717, 1.165) is 4.52 Å². The summed E-state index contributed by atoms with van der Waals surface area (Å²) in [7, 11) is 0. The lowest BCUT2D eigenvalue weighted by molar-refractivity contribution is -0.144. The van der Waals surface area contributed by atoms with E-state index in [-0.39, 0.29) is 11.6 Å². The summed E-state index contributed by atoms with van der Waals surface area (Å²) in [5.74, 6) is -1.14. The minimum atomic E-state index is -4.65. The fraction of sp³-hybridized carbons (Fsp3) is 0.154. The van der Waals surface area contributed by atoms with Gasteiger partial charge in [0.05, 0.1) is 10.0 Å². The van der Waals surface area contributed by atoms with Crippen molar-refractivity contribution in [3.05, 3.63) is 45.8 Å². The molecule has 0 aliphatic heterocycles. The van der Waals surface area contributed by atoms with Crippen molar-refractivity contribution in [2.24, 2.45) is 0 Å². The molecule has 0 unspecified atom stereocenters. The van der Waals surface area contributed by atoms with Crippen molar-refractivity contribution in [1.82, 2.24) is 19.6 Å². The maximum atomic E-state index is 12.8. The van der Waals surface area contributed by atoms with Crippen LogP contribution in [0.15, 0.2) is 24.3 Å². The van der Waals surface area contributed by atoms with Crippen molar-refractivity contribution in [3.63, 3.8) is 0 Å². The third-order valence-corrected chi connectivity index (χ3v) is 3.62. The smallest absolute Gasteiger partial charge is 0.340 e. The highest BCUT2D eigenvalue weighted by atomic mass is 35.5. The summed E-state index contributed by atoms with van der Waals surface area (Å²) in [5.41, 5.74) is 1.02. The Bertz CT molecular complexity index is 891. The van der Waals surface area contributed by atoms with Gasteiger partial charge in [0.1, 0.15) is 5.82 Å². The maximum Gasteiger partial charge on any atom is 0.453 e. The molecule has 10 heteroatoms. The minimum absolute atomic E-state index is 0.153. The molecule has 3 rings (SSSR count). The van der Waals surface area contributed by atoms with Gasteiger partial charge in [-0.1, -0.05) is 23.2 Å². The van der Waals surface area contributed by atoms with Gasteiger partial charge in [-0.3, -0.25) is 0 Å². The van der Waals surface area contributed by atoms with E-state index in [1.807, 2.05) is 0 Å². The lowest BCUT2D eigenvalue weighted by atomic mass is 10.3. The summed E-state index contributed by atoms with van der Waals surface area (Å²) in [4.78, 5) is 7.35. The van der Waals surface area contributed by atoms with E-state index in [4.69, 9.17) is 23.2 Å². The molecule has 0 fully saturated rings. The van der Waals surface area contributed by atoms with Gasteiger partial charge in [-0.2, -0.15) is 22.7 Å². The van der Waals surface area contributed by atoms with E-state index in [2.05, 4.69) is 20.4 Å². The Morgan fingerprint density at radius 3 is 2.48 bits per heavy atom. The molecule has 3 aromatic rings. The van der Waals surface area contributed by atoms with Crippen molar-refractivity contribution < 1.29 is 13.2 Å².